The summed E-state index contributed by atoms with van der Waals surface area (Å²) in [5, 5.41) is 15.3. The number of hydrazone groups is 1. The van der Waals surface area contributed by atoms with Crippen LogP contribution in [-0.4, -0.2) is 36.0 Å². The second-order valence-electron chi connectivity index (χ2n) is 4.23. The number of urea groups is 1. The molecule has 0 aromatic heterocycles. The van der Waals surface area contributed by atoms with Gasteiger partial charge in [0, 0.05) is 12.3 Å². The highest BCUT2D eigenvalue weighted by Gasteiger charge is 2.35. The first kappa shape index (κ1) is 17.2. The second kappa shape index (κ2) is 7.61. The fraction of sp³-hybridized carbons (Fsp3) is 0.727. The Balaban J connectivity index is 4.73. The minimum Gasteiger partial charge on any atom is -0.334 e. The Hall–Kier alpha value is -1.78. The van der Waals surface area contributed by atoms with Gasteiger partial charge in [-0.3, -0.25) is 0 Å². The van der Waals surface area contributed by atoms with Crippen LogP contribution in [0.2, 0.25) is 0 Å². The SMILES string of the molecule is CC(C)NC(=O)N(CCC#N)/N=C/C(C)C(F)(F)F. The lowest BCUT2D eigenvalue weighted by atomic mass is 10.2. The van der Waals surface area contributed by atoms with Crippen molar-refractivity contribution < 1.29 is 18.0 Å². The molecule has 1 N–H and O–H groups in total. The Bertz CT molecular complexity index is 360. The molecule has 2 amide bonds. The molecule has 0 aliphatic carbocycles. The quantitative estimate of drug-likeness (QED) is 0.620. The Morgan fingerprint density at radius 1 is 1.47 bits per heavy atom. The highest BCUT2D eigenvalue weighted by Crippen LogP contribution is 2.24. The van der Waals surface area contributed by atoms with Crippen LogP contribution in [0.4, 0.5) is 18.0 Å². The number of halogens is 3. The first-order chi connectivity index (χ1) is 8.68. The van der Waals surface area contributed by atoms with Crippen LogP contribution in [0.1, 0.15) is 27.2 Å². The van der Waals surface area contributed by atoms with Crippen molar-refractivity contribution in [2.24, 2.45) is 11.0 Å². The molecule has 0 saturated carbocycles. The Labute approximate surface area is 110 Å². The van der Waals surface area contributed by atoms with Gasteiger partial charge >= 0.3 is 12.2 Å². The van der Waals surface area contributed by atoms with Gasteiger partial charge in [0.1, 0.15) is 0 Å². The molecule has 0 heterocycles. The van der Waals surface area contributed by atoms with Gasteiger partial charge in [-0.05, 0) is 20.8 Å². The molecule has 0 saturated heterocycles. The predicted octanol–water partition coefficient (Wildman–Crippen LogP) is 2.50. The van der Waals surface area contributed by atoms with Gasteiger partial charge in [-0.25, -0.2) is 9.80 Å². The average molecular weight is 278 g/mol. The van der Waals surface area contributed by atoms with Crippen molar-refractivity contribution in [3.63, 3.8) is 0 Å². The van der Waals surface area contributed by atoms with Gasteiger partial charge < -0.3 is 5.32 Å². The maximum atomic E-state index is 12.3. The number of nitriles is 1. The number of hydrogen-bond donors (Lipinski definition) is 1. The smallest absolute Gasteiger partial charge is 0.334 e. The van der Waals surface area contributed by atoms with Gasteiger partial charge in [0.05, 0.1) is 25.0 Å². The van der Waals surface area contributed by atoms with E-state index in [9.17, 15) is 18.0 Å². The van der Waals surface area contributed by atoms with E-state index < -0.39 is 18.1 Å². The molecule has 0 bridgehead atoms. The molecular weight excluding hydrogens is 261 g/mol. The van der Waals surface area contributed by atoms with Gasteiger partial charge in [0.15, 0.2) is 0 Å². The molecule has 0 aromatic carbocycles. The van der Waals surface area contributed by atoms with Crippen molar-refractivity contribution in [2.75, 3.05) is 6.54 Å². The van der Waals surface area contributed by atoms with Gasteiger partial charge in [0.25, 0.3) is 0 Å². The average Bonchev–Trinajstić information content (AvgIpc) is 2.26. The standard InChI is InChI=1S/C11H17F3N4O/c1-8(2)17-10(19)18(6-4-5-15)16-7-9(3)11(12,13)14/h7-9H,4,6H2,1-3H3,(H,17,19)/b16-7+. The van der Waals surface area contributed by atoms with Crippen LogP contribution in [0.15, 0.2) is 5.10 Å². The molecule has 1 unspecified atom stereocenters. The van der Waals surface area contributed by atoms with Crippen LogP contribution in [0.3, 0.4) is 0 Å². The number of nitrogens with one attached hydrogen (secondary N) is 1. The van der Waals surface area contributed by atoms with Crippen LogP contribution < -0.4 is 5.32 Å². The summed E-state index contributed by atoms with van der Waals surface area (Å²) in [6, 6.07) is 1.00. The van der Waals surface area contributed by atoms with Gasteiger partial charge in [-0.2, -0.15) is 23.5 Å². The number of alkyl halides is 3. The first-order valence-corrected chi connectivity index (χ1v) is 5.74. The number of carbonyl (C=O) groups excluding carboxylic acids is 1. The molecule has 108 valence electrons. The van der Waals surface area contributed by atoms with Gasteiger partial charge in [-0.1, -0.05) is 0 Å². The molecule has 0 aliphatic rings. The maximum Gasteiger partial charge on any atom is 0.396 e. The molecule has 19 heavy (non-hydrogen) atoms. The van der Waals surface area contributed by atoms with E-state index in [0.29, 0.717) is 6.21 Å². The van der Waals surface area contributed by atoms with Crippen molar-refractivity contribution in [3.8, 4) is 6.07 Å². The first-order valence-electron chi connectivity index (χ1n) is 5.74. The van der Waals surface area contributed by atoms with E-state index in [1.165, 1.54) is 0 Å². The zero-order valence-electron chi connectivity index (χ0n) is 11.0. The van der Waals surface area contributed by atoms with Gasteiger partial charge in [-0.15, -0.1) is 0 Å². The Morgan fingerprint density at radius 2 is 2.05 bits per heavy atom. The Morgan fingerprint density at radius 3 is 2.47 bits per heavy atom. The third-order valence-electron chi connectivity index (χ3n) is 2.03. The molecule has 0 fully saturated rings. The monoisotopic (exact) mass is 278 g/mol. The summed E-state index contributed by atoms with van der Waals surface area (Å²) in [6.45, 7) is 4.30. The topological polar surface area (TPSA) is 68.5 Å². The molecule has 0 rings (SSSR count). The minimum atomic E-state index is -4.40. The number of carbonyl (C=O) groups is 1. The lowest BCUT2D eigenvalue weighted by Gasteiger charge is -2.19. The molecule has 0 aromatic rings. The third-order valence-corrected chi connectivity index (χ3v) is 2.03. The van der Waals surface area contributed by atoms with E-state index >= 15 is 0 Å². The predicted molar refractivity (Wildman–Crippen MR) is 64.3 cm³/mol. The van der Waals surface area contributed by atoms with E-state index in [4.69, 9.17) is 5.26 Å². The maximum absolute atomic E-state index is 12.3. The van der Waals surface area contributed by atoms with Crippen molar-refractivity contribution >= 4 is 12.2 Å². The molecule has 1 atom stereocenters. The Kier molecular flexibility index (Phi) is 6.90. The third kappa shape index (κ3) is 7.28. The molecule has 0 radical (unpaired) electrons. The van der Waals surface area contributed by atoms with Crippen LogP contribution in [0, 0.1) is 17.2 Å². The summed E-state index contributed by atoms with van der Waals surface area (Å²) in [6.07, 6.45) is -3.76. The second-order valence-corrected chi connectivity index (χ2v) is 4.23. The number of rotatable bonds is 5. The fourth-order valence-corrected chi connectivity index (χ4v) is 0.954. The van der Waals surface area contributed by atoms with Crippen molar-refractivity contribution in [2.45, 2.75) is 39.4 Å². The van der Waals surface area contributed by atoms with Crippen LogP contribution in [0.5, 0.6) is 0 Å². The highest BCUT2D eigenvalue weighted by molar-refractivity contribution is 5.75. The van der Waals surface area contributed by atoms with Crippen molar-refractivity contribution in [3.05, 3.63) is 0 Å². The number of amides is 2. The van der Waals surface area contributed by atoms with Crippen LogP contribution >= 0.6 is 0 Å². The molecule has 0 aliphatic heterocycles. The number of nitrogens with zero attached hydrogens (tertiary/aromatic N) is 3. The minimum absolute atomic E-state index is 0.0107. The fourth-order valence-electron chi connectivity index (χ4n) is 0.954. The van der Waals surface area contributed by atoms with E-state index in [1.807, 2.05) is 0 Å². The summed E-state index contributed by atoms with van der Waals surface area (Å²) in [5.41, 5.74) is 0. The summed E-state index contributed by atoms with van der Waals surface area (Å²) < 4.78 is 36.9. The molecule has 5 nitrogen and oxygen atoms in total. The van der Waals surface area contributed by atoms with Crippen molar-refractivity contribution in [1.82, 2.24) is 10.3 Å². The van der Waals surface area contributed by atoms with E-state index in [0.717, 1.165) is 11.9 Å². The summed E-state index contributed by atoms with van der Waals surface area (Å²) in [7, 11) is 0. The van der Waals surface area contributed by atoms with E-state index in [1.54, 1.807) is 19.9 Å². The molecule has 8 heteroatoms. The largest absolute Gasteiger partial charge is 0.396 e. The highest BCUT2D eigenvalue weighted by atomic mass is 19.4. The lowest BCUT2D eigenvalue weighted by Crippen LogP contribution is -2.41. The number of hydrogen-bond acceptors (Lipinski definition) is 3. The molecular formula is C11H17F3N4O. The normalized spacial score (nSPS) is 13.4. The van der Waals surface area contributed by atoms with Gasteiger partial charge in [0.2, 0.25) is 0 Å². The zero-order chi connectivity index (χ0) is 15.1. The zero-order valence-corrected chi connectivity index (χ0v) is 11.0. The molecule has 0 spiro atoms. The van der Waals surface area contributed by atoms with E-state index in [-0.39, 0.29) is 19.0 Å². The lowest BCUT2D eigenvalue weighted by molar-refractivity contribution is -0.149. The summed E-state index contributed by atoms with van der Waals surface area (Å²) in [4.78, 5) is 11.6. The van der Waals surface area contributed by atoms with Crippen molar-refractivity contribution in [1.29, 1.82) is 5.26 Å². The van der Waals surface area contributed by atoms with Crippen LogP contribution in [-0.2, 0) is 0 Å². The van der Waals surface area contributed by atoms with Crippen LogP contribution in [0.25, 0.3) is 0 Å². The summed E-state index contributed by atoms with van der Waals surface area (Å²) >= 11 is 0. The van der Waals surface area contributed by atoms with E-state index in [2.05, 4.69) is 10.4 Å². The summed E-state index contributed by atoms with van der Waals surface area (Å²) in [5.74, 6) is -1.76.